The van der Waals surface area contributed by atoms with E-state index in [-0.39, 0.29) is 36.0 Å². The van der Waals surface area contributed by atoms with Crippen LogP contribution in [-0.2, 0) is 29.2 Å². The summed E-state index contributed by atoms with van der Waals surface area (Å²) in [6, 6.07) is 11.0. The number of halogens is 2. The number of imidazole rings is 1. The standard InChI is InChI=1S/C25H24ClFN4O5/c1-25(24(34)28-11-15-6-4-5-7-19(15)35-2)13-30-14-29-20(23(33)36-3)21(30)22(32)31(25)12-16-8-9-17(27)10-18(16)26/h4-10,14H,11-13H2,1-3H3,(H,28,34)/t25-/m1/s1. The van der Waals surface area contributed by atoms with Gasteiger partial charge in [0.2, 0.25) is 5.91 Å². The molecule has 0 spiro atoms. The van der Waals surface area contributed by atoms with Crippen LogP contribution in [0.25, 0.3) is 0 Å². The number of benzene rings is 2. The molecular formula is C25H24ClFN4O5. The molecule has 0 aliphatic carbocycles. The fourth-order valence-corrected chi connectivity index (χ4v) is 4.44. The van der Waals surface area contributed by atoms with Gasteiger partial charge in [-0.15, -0.1) is 0 Å². The molecule has 11 heteroatoms. The highest BCUT2D eigenvalue weighted by Crippen LogP contribution is 2.32. The lowest BCUT2D eigenvalue weighted by atomic mass is 9.93. The molecule has 2 aromatic carbocycles. The van der Waals surface area contributed by atoms with Crippen molar-refractivity contribution in [3.63, 3.8) is 0 Å². The molecule has 3 aromatic rings. The van der Waals surface area contributed by atoms with Gasteiger partial charge < -0.3 is 24.3 Å². The molecule has 1 N–H and O–H groups in total. The van der Waals surface area contributed by atoms with Crippen molar-refractivity contribution in [3.05, 3.63) is 82.1 Å². The number of para-hydroxylation sites is 1. The van der Waals surface area contributed by atoms with E-state index in [1.807, 2.05) is 18.2 Å². The Labute approximate surface area is 211 Å². The van der Waals surface area contributed by atoms with Gasteiger partial charge in [0.05, 0.1) is 27.1 Å². The lowest BCUT2D eigenvalue weighted by Gasteiger charge is -2.44. The SMILES string of the molecule is COC(=O)c1ncn2c1C(=O)N(Cc1ccc(F)cc1Cl)[C@@](C)(C(=O)NCc1ccccc1OC)C2. The third-order valence-electron chi connectivity index (χ3n) is 6.20. The number of fused-ring (bicyclic) bond motifs is 1. The largest absolute Gasteiger partial charge is 0.496 e. The number of aromatic nitrogens is 2. The Bertz CT molecular complexity index is 1340. The van der Waals surface area contributed by atoms with Crippen molar-refractivity contribution in [1.29, 1.82) is 0 Å². The topological polar surface area (TPSA) is 103 Å². The van der Waals surface area contributed by atoms with Gasteiger partial charge in [-0.25, -0.2) is 14.2 Å². The molecule has 0 fully saturated rings. The molecule has 188 valence electrons. The van der Waals surface area contributed by atoms with Crippen LogP contribution in [0, 0.1) is 5.82 Å². The summed E-state index contributed by atoms with van der Waals surface area (Å²) in [5.41, 5.74) is -0.381. The second kappa shape index (κ2) is 9.98. The Balaban J connectivity index is 1.72. The average Bonchev–Trinajstić information content (AvgIpc) is 3.29. The Kier molecular flexibility index (Phi) is 6.98. The van der Waals surface area contributed by atoms with Gasteiger partial charge in [-0.05, 0) is 30.7 Å². The van der Waals surface area contributed by atoms with E-state index in [0.717, 1.165) is 11.6 Å². The minimum Gasteiger partial charge on any atom is -0.496 e. The first-order chi connectivity index (χ1) is 17.2. The molecule has 1 aliphatic heterocycles. The molecule has 0 bridgehead atoms. The van der Waals surface area contributed by atoms with Gasteiger partial charge >= 0.3 is 5.97 Å². The lowest BCUT2D eigenvalue weighted by molar-refractivity contribution is -0.133. The van der Waals surface area contributed by atoms with Crippen molar-refractivity contribution < 1.29 is 28.2 Å². The van der Waals surface area contributed by atoms with Gasteiger partial charge in [0.1, 0.15) is 22.8 Å². The van der Waals surface area contributed by atoms with Gasteiger partial charge in [-0.3, -0.25) is 9.59 Å². The van der Waals surface area contributed by atoms with Gasteiger partial charge in [0.15, 0.2) is 5.69 Å². The molecule has 0 radical (unpaired) electrons. The van der Waals surface area contributed by atoms with Crippen LogP contribution in [-0.4, -0.2) is 52.0 Å². The maximum Gasteiger partial charge on any atom is 0.359 e. The number of carbonyl (C=O) groups is 3. The van der Waals surface area contributed by atoms with E-state index in [2.05, 4.69) is 10.3 Å². The smallest absolute Gasteiger partial charge is 0.359 e. The summed E-state index contributed by atoms with van der Waals surface area (Å²) >= 11 is 6.24. The Morgan fingerprint density at radius 3 is 2.64 bits per heavy atom. The van der Waals surface area contributed by atoms with Crippen LogP contribution >= 0.6 is 11.6 Å². The molecule has 1 aliphatic rings. The van der Waals surface area contributed by atoms with Gasteiger partial charge in [-0.2, -0.15) is 0 Å². The monoisotopic (exact) mass is 514 g/mol. The number of hydrogen-bond acceptors (Lipinski definition) is 6. The third kappa shape index (κ3) is 4.51. The molecule has 4 rings (SSSR count). The molecule has 0 saturated carbocycles. The summed E-state index contributed by atoms with van der Waals surface area (Å²) in [6.45, 7) is 1.67. The number of esters is 1. The van der Waals surface area contributed by atoms with E-state index < -0.39 is 29.1 Å². The fourth-order valence-electron chi connectivity index (χ4n) is 4.22. The molecule has 0 unspecified atom stereocenters. The first kappa shape index (κ1) is 25.2. The van der Waals surface area contributed by atoms with Gasteiger partial charge in [-0.1, -0.05) is 35.9 Å². The van der Waals surface area contributed by atoms with Gasteiger partial charge in [0.25, 0.3) is 5.91 Å². The highest BCUT2D eigenvalue weighted by Gasteiger charge is 2.49. The van der Waals surface area contributed by atoms with E-state index in [0.29, 0.717) is 11.3 Å². The molecule has 2 amide bonds. The normalized spacial score (nSPS) is 16.9. The number of rotatable bonds is 7. The number of nitrogens with one attached hydrogen (secondary N) is 1. The van der Waals surface area contributed by atoms with Crippen LogP contribution in [0.4, 0.5) is 4.39 Å². The van der Waals surface area contributed by atoms with Crippen molar-refractivity contribution in [2.24, 2.45) is 0 Å². The van der Waals surface area contributed by atoms with Crippen LogP contribution in [0.15, 0.2) is 48.8 Å². The molecule has 9 nitrogen and oxygen atoms in total. The first-order valence-corrected chi connectivity index (χ1v) is 11.4. The number of methoxy groups -OCH3 is 2. The second-order valence-corrected chi connectivity index (χ2v) is 8.86. The van der Waals surface area contributed by atoms with E-state index in [4.69, 9.17) is 21.1 Å². The van der Waals surface area contributed by atoms with E-state index in [1.165, 1.54) is 42.1 Å². The zero-order valence-electron chi connectivity index (χ0n) is 19.9. The predicted octanol–water partition coefficient (Wildman–Crippen LogP) is 3.20. The van der Waals surface area contributed by atoms with Crippen molar-refractivity contribution >= 4 is 29.4 Å². The van der Waals surface area contributed by atoms with Crippen LogP contribution in [0.1, 0.15) is 39.0 Å². The quantitative estimate of drug-likeness (QED) is 0.486. The molecule has 2 heterocycles. The molecule has 0 saturated heterocycles. The summed E-state index contributed by atoms with van der Waals surface area (Å²) in [7, 11) is 2.72. The number of nitrogens with zero attached hydrogens (tertiary/aromatic N) is 3. The second-order valence-electron chi connectivity index (χ2n) is 8.46. The van der Waals surface area contributed by atoms with Crippen molar-refractivity contribution in [2.45, 2.75) is 32.1 Å². The molecular weight excluding hydrogens is 491 g/mol. The summed E-state index contributed by atoms with van der Waals surface area (Å²) < 4.78 is 25.2. The summed E-state index contributed by atoms with van der Waals surface area (Å²) in [5.74, 6) is -1.76. The molecule has 1 atom stereocenters. The zero-order valence-corrected chi connectivity index (χ0v) is 20.6. The van der Waals surface area contributed by atoms with Crippen molar-refractivity contribution in [3.8, 4) is 5.75 Å². The number of hydrogen-bond donors (Lipinski definition) is 1. The Hall–Kier alpha value is -3.92. The Morgan fingerprint density at radius 2 is 1.94 bits per heavy atom. The summed E-state index contributed by atoms with van der Waals surface area (Å²) in [4.78, 5) is 45.0. The third-order valence-corrected chi connectivity index (χ3v) is 6.55. The first-order valence-electron chi connectivity index (χ1n) is 11.0. The highest BCUT2D eigenvalue weighted by molar-refractivity contribution is 6.31. The van der Waals surface area contributed by atoms with Crippen LogP contribution in [0.2, 0.25) is 5.02 Å². The van der Waals surface area contributed by atoms with E-state index in [9.17, 15) is 18.8 Å². The minimum atomic E-state index is -1.40. The maximum atomic E-state index is 13.7. The Morgan fingerprint density at radius 1 is 1.19 bits per heavy atom. The predicted molar refractivity (Wildman–Crippen MR) is 128 cm³/mol. The van der Waals surface area contributed by atoms with Crippen LogP contribution in [0.5, 0.6) is 5.75 Å². The van der Waals surface area contributed by atoms with Crippen LogP contribution in [0.3, 0.4) is 0 Å². The van der Waals surface area contributed by atoms with Crippen molar-refractivity contribution in [1.82, 2.24) is 19.8 Å². The minimum absolute atomic E-state index is 0.00455. The number of amides is 2. The lowest BCUT2D eigenvalue weighted by Crippen LogP contribution is -2.63. The fraction of sp³-hybridized carbons (Fsp3) is 0.280. The summed E-state index contributed by atoms with van der Waals surface area (Å²) in [5, 5.41) is 2.99. The summed E-state index contributed by atoms with van der Waals surface area (Å²) in [6.07, 6.45) is 1.33. The van der Waals surface area contributed by atoms with Crippen LogP contribution < -0.4 is 10.1 Å². The van der Waals surface area contributed by atoms with E-state index in [1.54, 1.807) is 13.0 Å². The molecule has 1 aromatic heterocycles. The van der Waals surface area contributed by atoms with Gasteiger partial charge in [0, 0.05) is 23.7 Å². The zero-order chi connectivity index (χ0) is 26.0. The maximum absolute atomic E-state index is 13.7. The number of carbonyl (C=O) groups excluding carboxylic acids is 3. The number of ether oxygens (including phenoxy) is 2. The average molecular weight is 515 g/mol. The highest BCUT2D eigenvalue weighted by atomic mass is 35.5. The molecule has 36 heavy (non-hydrogen) atoms. The van der Waals surface area contributed by atoms with E-state index >= 15 is 0 Å². The van der Waals surface area contributed by atoms with Crippen molar-refractivity contribution in [2.75, 3.05) is 14.2 Å².